The number of halogens is 2. The van der Waals surface area contributed by atoms with Gasteiger partial charge in [-0.05, 0) is 85.8 Å². The largest absolute Gasteiger partial charge is 0.504 e. The molecule has 0 saturated carbocycles. The van der Waals surface area contributed by atoms with Crippen LogP contribution in [0.2, 0.25) is 0 Å². The lowest BCUT2D eigenvalue weighted by atomic mass is 10.1. The van der Waals surface area contributed by atoms with Gasteiger partial charge in [0.1, 0.15) is 23.3 Å². The fraction of sp³-hybridized carbons (Fsp3) is 0.130. The third-order valence-electron chi connectivity index (χ3n) is 4.41. The number of nitrogens with one attached hydrogen (secondary N) is 2. The number of hydrogen-bond acceptors (Lipinski definition) is 8. The highest BCUT2D eigenvalue weighted by Gasteiger charge is 2.13. The van der Waals surface area contributed by atoms with Gasteiger partial charge < -0.3 is 31.1 Å². The second-order valence-electron chi connectivity index (χ2n) is 6.95. The first kappa shape index (κ1) is 27.2. The summed E-state index contributed by atoms with van der Waals surface area (Å²) in [6.45, 7) is 0.236. The topological polar surface area (TPSA) is 187 Å². The molecule has 0 aliphatic rings. The summed E-state index contributed by atoms with van der Waals surface area (Å²) in [5.41, 5.74) is 0.167. The number of carbonyl (C=O) groups excluding carboxylic acids is 2. The van der Waals surface area contributed by atoms with Crippen LogP contribution in [-0.4, -0.2) is 45.3 Å². The molecule has 0 atom stereocenters. The van der Waals surface area contributed by atoms with Gasteiger partial charge in [0.05, 0.1) is 8.95 Å². The summed E-state index contributed by atoms with van der Waals surface area (Å²) in [6.07, 6.45) is 2.78. The van der Waals surface area contributed by atoms with Crippen molar-refractivity contribution in [3.8, 4) is 35.1 Å². The van der Waals surface area contributed by atoms with Crippen LogP contribution in [0.5, 0.6) is 23.0 Å². The Morgan fingerprint density at radius 2 is 1.14 bits per heavy atom. The van der Waals surface area contributed by atoms with Crippen molar-refractivity contribution in [2.24, 2.45) is 0 Å². The lowest BCUT2D eigenvalue weighted by molar-refractivity contribution is -0.117. The van der Waals surface area contributed by atoms with Crippen molar-refractivity contribution in [1.82, 2.24) is 10.6 Å². The lowest BCUT2D eigenvalue weighted by Crippen LogP contribution is -2.30. The summed E-state index contributed by atoms with van der Waals surface area (Å²) in [6, 6.07) is 8.75. The summed E-state index contributed by atoms with van der Waals surface area (Å²) in [7, 11) is 0. The predicted octanol–water partition coefficient (Wildman–Crippen LogP) is 3.17. The molecule has 2 aromatic rings. The molecule has 2 amide bonds. The third-order valence-corrected chi connectivity index (χ3v) is 5.62. The maximum Gasteiger partial charge on any atom is 0.261 e. The number of rotatable bonds is 8. The van der Waals surface area contributed by atoms with Crippen LogP contribution in [-0.2, 0) is 9.59 Å². The monoisotopic (exact) mass is 604 g/mol. The Labute approximate surface area is 216 Å². The normalized spacial score (nSPS) is 11.3. The van der Waals surface area contributed by atoms with E-state index in [-0.39, 0.29) is 44.7 Å². The highest BCUT2D eigenvalue weighted by Crippen LogP contribution is 2.35. The first-order valence-electron chi connectivity index (χ1n) is 9.80. The first-order valence-corrected chi connectivity index (χ1v) is 11.4. The van der Waals surface area contributed by atoms with Gasteiger partial charge in [0.2, 0.25) is 0 Å². The zero-order chi connectivity index (χ0) is 26.1. The molecule has 35 heavy (non-hydrogen) atoms. The Hall–Kier alpha value is -4.00. The zero-order valence-corrected chi connectivity index (χ0v) is 21.0. The van der Waals surface area contributed by atoms with E-state index in [1.165, 1.54) is 36.4 Å². The van der Waals surface area contributed by atoms with Gasteiger partial charge in [-0.15, -0.1) is 0 Å². The molecule has 0 unspecified atom stereocenters. The molecule has 12 heteroatoms. The number of carbonyl (C=O) groups is 2. The summed E-state index contributed by atoms with van der Waals surface area (Å²) in [5.74, 6) is -2.90. The van der Waals surface area contributed by atoms with Crippen LogP contribution in [0.1, 0.15) is 17.5 Å². The van der Waals surface area contributed by atoms with Gasteiger partial charge in [-0.1, -0.05) is 0 Å². The van der Waals surface area contributed by atoms with E-state index in [9.17, 15) is 40.5 Å². The van der Waals surface area contributed by atoms with Crippen molar-refractivity contribution in [1.29, 1.82) is 10.5 Å². The first-order chi connectivity index (χ1) is 16.6. The van der Waals surface area contributed by atoms with Crippen LogP contribution < -0.4 is 10.6 Å². The van der Waals surface area contributed by atoms with E-state index in [0.29, 0.717) is 17.5 Å². The number of phenols is 4. The van der Waals surface area contributed by atoms with Crippen LogP contribution in [0, 0.1) is 22.7 Å². The molecule has 0 bridgehead atoms. The van der Waals surface area contributed by atoms with Gasteiger partial charge in [-0.25, -0.2) is 0 Å². The van der Waals surface area contributed by atoms with E-state index in [4.69, 9.17) is 0 Å². The third kappa shape index (κ3) is 7.50. The van der Waals surface area contributed by atoms with Gasteiger partial charge in [0.25, 0.3) is 11.8 Å². The van der Waals surface area contributed by atoms with Crippen molar-refractivity contribution < 1.29 is 30.0 Å². The molecule has 6 N–H and O–H groups in total. The lowest BCUT2D eigenvalue weighted by Gasteiger charge is -2.07. The average Bonchev–Trinajstić information content (AvgIpc) is 2.82. The number of aromatic hydroxyl groups is 4. The van der Waals surface area contributed by atoms with Gasteiger partial charge >= 0.3 is 0 Å². The fourth-order valence-electron chi connectivity index (χ4n) is 2.69. The summed E-state index contributed by atoms with van der Waals surface area (Å²) in [4.78, 5) is 24.5. The van der Waals surface area contributed by atoms with E-state index >= 15 is 0 Å². The molecule has 0 heterocycles. The van der Waals surface area contributed by atoms with Gasteiger partial charge in [-0.3, -0.25) is 9.59 Å². The maximum absolute atomic E-state index is 12.2. The molecule has 0 aliphatic carbocycles. The number of hydrogen-bond donors (Lipinski definition) is 6. The number of nitriles is 2. The molecule has 0 fully saturated rings. The Morgan fingerprint density at radius 3 is 1.46 bits per heavy atom. The van der Waals surface area contributed by atoms with Gasteiger partial charge in [0, 0.05) is 13.1 Å². The molecule has 0 radical (unpaired) electrons. The van der Waals surface area contributed by atoms with Crippen molar-refractivity contribution in [2.75, 3.05) is 13.1 Å². The van der Waals surface area contributed by atoms with Crippen LogP contribution >= 0.6 is 31.9 Å². The molecule has 0 aliphatic heterocycles. The smallest absolute Gasteiger partial charge is 0.261 e. The summed E-state index contributed by atoms with van der Waals surface area (Å²) >= 11 is 6.11. The standard InChI is InChI=1S/C23H18Br2N4O6/c24-16-6-12(8-18(30)20(16)32)4-14(10-26)22(34)28-2-1-3-29-23(35)15(11-27)5-13-7-17(25)21(33)19(31)9-13/h4-9,30-33H,1-3H2,(H,28,34)(H,29,35)/b14-4+,15-5+. The second kappa shape index (κ2) is 12.5. The minimum absolute atomic E-state index is 0.118. The van der Waals surface area contributed by atoms with E-state index in [0.717, 1.165) is 0 Å². The zero-order valence-electron chi connectivity index (χ0n) is 17.8. The molecule has 10 nitrogen and oxygen atoms in total. The highest BCUT2D eigenvalue weighted by molar-refractivity contribution is 9.10. The molecular weight excluding hydrogens is 588 g/mol. The number of benzene rings is 2. The van der Waals surface area contributed by atoms with E-state index in [1.807, 2.05) is 0 Å². The SMILES string of the molecule is N#C/C(=C\c1cc(O)c(O)c(Br)c1)C(=O)NCCCNC(=O)/C(C#N)=C/c1cc(O)c(O)c(Br)c1. The molecule has 0 spiro atoms. The van der Waals surface area contributed by atoms with Crippen molar-refractivity contribution in [3.05, 3.63) is 55.5 Å². The van der Waals surface area contributed by atoms with Gasteiger partial charge in [-0.2, -0.15) is 10.5 Å². The van der Waals surface area contributed by atoms with Crippen LogP contribution in [0.3, 0.4) is 0 Å². The van der Waals surface area contributed by atoms with Gasteiger partial charge in [0.15, 0.2) is 23.0 Å². The van der Waals surface area contributed by atoms with Crippen LogP contribution in [0.25, 0.3) is 12.2 Å². The van der Waals surface area contributed by atoms with Crippen LogP contribution in [0.4, 0.5) is 0 Å². The summed E-state index contributed by atoms with van der Waals surface area (Å²) < 4.78 is 0.385. The number of phenolic OH excluding ortho intramolecular Hbond substituents is 4. The number of amides is 2. The Balaban J connectivity index is 1.91. The van der Waals surface area contributed by atoms with Crippen molar-refractivity contribution >= 4 is 55.8 Å². The van der Waals surface area contributed by atoms with E-state index in [2.05, 4.69) is 42.5 Å². The second-order valence-corrected chi connectivity index (χ2v) is 8.65. The fourth-order valence-corrected chi connectivity index (χ4v) is 3.62. The van der Waals surface area contributed by atoms with E-state index < -0.39 is 23.3 Å². The minimum Gasteiger partial charge on any atom is -0.504 e. The molecule has 0 saturated heterocycles. The average molecular weight is 606 g/mol. The Bertz CT molecular complexity index is 1160. The molecule has 2 aromatic carbocycles. The quantitative estimate of drug-likeness (QED) is 0.114. The highest BCUT2D eigenvalue weighted by atomic mass is 79.9. The van der Waals surface area contributed by atoms with E-state index in [1.54, 1.807) is 12.1 Å². The Kier molecular flexibility index (Phi) is 9.70. The molecular formula is C23H18Br2N4O6. The molecule has 180 valence electrons. The molecule has 0 aromatic heterocycles. The minimum atomic E-state index is -0.669. The Morgan fingerprint density at radius 1 is 0.771 bits per heavy atom. The predicted molar refractivity (Wildman–Crippen MR) is 133 cm³/mol. The summed E-state index contributed by atoms with van der Waals surface area (Å²) in [5, 5.41) is 62.0. The number of nitrogens with zero attached hydrogens (tertiary/aromatic N) is 2. The van der Waals surface area contributed by atoms with Crippen LogP contribution in [0.15, 0.2) is 44.4 Å². The van der Waals surface area contributed by atoms with Crippen molar-refractivity contribution in [3.63, 3.8) is 0 Å². The molecule has 2 rings (SSSR count). The van der Waals surface area contributed by atoms with Crippen molar-refractivity contribution in [2.45, 2.75) is 6.42 Å². The maximum atomic E-state index is 12.2.